The molecule has 2 aromatic rings. The molecule has 2 heterocycles. The number of anilines is 1. The SMILES string of the molecule is CCOc1ccc(C(=O)COC(=O)c2ccc(N3C(=O)CC(NCCN4CCOCC4)C3=O)cc2)cc1. The first-order valence-corrected chi connectivity index (χ1v) is 12.4. The Hall–Kier alpha value is -3.60. The molecular formula is C27H31N3O7. The Balaban J connectivity index is 1.27. The van der Waals surface area contributed by atoms with E-state index in [4.69, 9.17) is 14.2 Å². The second kappa shape index (κ2) is 12.6. The molecule has 2 aromatic carbocycles. The number of carbonyl (C=O) groups is 4. The molecule has 0 radical (unpaired) electrons. The Bertz CT molecular complexity index is 1110. The van der Waals surface area contributed by atoms with E-state index in [-0.39, 0.29) is 29.6 Å². The number of hydrogen-bond acceptors (Lipinski definition) is 9. The van der Waals surface area contributed by atoms with Crippen LogP contribution in [-0.2, 0) is 19.1 Å². The monoisotopic (exact) mass is 509 g/mol. The molecule has 0 spiro atoms. The van der Waals surface area contributed by atoms with Crippen molar-refractivity contribution in [2.75, 3.05) is 57.5 Å². The lowest BCUT2D eigenvalue weighted by Crippen LogP contribution is -2.44. The van der Waals surface area contributed by atoms with E-state index in [0.29, 0.717) is 43.4 Å². The van der Waals surface area contributed by atoms with Gasteiger partial charge in [-0.25, -0.2) is 9.69 Å². The van der Waals surface area contributed by atoms with Crippen LogP contribution in [0, 0.1) is 0 Å². The van der Waals surface area contributed by atoms with Crippen LogP contribution in [-0.4, -0.2) is 87.1 Å². The quantitative estimate of drug-likeness (QED) is 0.274. The molecule has 2 saturated heterocycles. The number of amides is 2. The Morgan fingerprint density at radius 3 is 2.35 bits per heavy atom. The molecule has 1 atom stereocenters. The summed E-state index contributed by atoms with van der Waals surface area (Å²) in [5.41, 5.74) is 1.00. The minimum atomic E-state index is -0.674. The molecule has 0 bridgehead atoms. The van der Waals surface area contributed by atoms with Gasteiger partial charge in [-0.3, -0.25) is 19.3 Å². The number of esters is 1. The third-order valence-corrected chi connectivity index (χ3v) is 6.25. The van der Waals surface area contributed by atoms with Gasteiger partial charge < -0.3 is 19.5 Å². The maximum atomic E-state index is 12.9. The average molecular weight is 510 g/mol. The van der Waals surface area contributed by atoms with Crippen LogP contribution in [0.2, 0.25) is 0 Å². The van der Waals surface area contributed by atoms with Gasteiger partial charge in [0.15, 0.2) is 12.4 Å². The fourth-order valence-electron chi connectivity index (χ4n) is 4.23. The highest BCUT2D eigenvalue weighted by atomic mass is 16.5. The molecule has 2 aliphatic heterocycles. The molecule has 1 unspecified atom stereocenters. The van der Waals surface area contributed by atoms with E-state index in [1.165, 1.54) is 24.3 Å². The van der Waals surface area contributed by atoms with Gasteiger partial charge >= 0.3 is 5.97 Å². The first-order valence-electron chi connectivity index (χ1n) is 12.4. The molecule has 1 N–H and O–H groups in total. The first-order chi connectivity index (χ1) is 18.0. The summed E-state index contributed by atoms with van der Waals surface area (Å²) in [4.78, 5) is 53.5. The van der Waals surface area contributed by atoms with Crippen molar-refractivity contribution < 1.29 is 33.4 Å². The lowest BCUT2D eigenvalue weighted by molar-refractivity contribution is -0.121. The number of nitrogens with zero attached hydrogens (tertiary/aromatic N) is 2. The summed E-state index contributed by atoms with van der Waals surface area (Å²) in [6.45, 7) is 6.48. The summed E-state index contributed by atoms with van der Waals surface area (Å²) in [6.07, 6.45) is 0.0827. The van der Waals surface area contributed by atoms with Crippen LogP contribution in [0.25, 0.3) is 0 Å². The van der Waals surface area contributed by atoms with Crippen molar-refractivity contribution in [2.24, 2.45) is 0 Å². The summed E-state index contributed by atoms with van der Waals surface area (Å²) in [7, 11) is 0. The molecule has 37 heavy (non-hydrogen) atoms. The number of hydrogen-bond donors (Lipinski definition) is 1. The normalized spacial score (nSPS) is 18.2. The van der Waals surface area contributed by atoms with E-state index in [1.807, 2.05) is 6.92 Å². The average Bonchev–Trinajstić information content (AvgIpc) is 3.21. The van der Waals surface area contributed by atoms with E-state index in [9.17, 15) is 19.2 Å². The molecule has 2 amide bonds. The summed E-state index contributed by atoms with van der Waals surface area (Å²) in [6, 6.07) is 12.0. The van der Waals surface area contributed by atoms with Crippen LogP contribution in [0.15, 0.2) is 48.5 Å². The molecular weight excluding hydrogens is 478 g/mol. The topological polar surface area (TPSA) is 114 Å². The number of carbonyl (C=O) groups excluding carboxylic acids is 4. The van der Waals surface area contributed by atoms with Gasteiger partial charge in [0.1, 0.15) is 5.75 Å². The highest BCUT2D eigenvalue weighted by molar-refractivity contribution is 6.22. The van der Waals surface area contributed by atoms with Crippen LogP contribution in [0.5, 0.6) is 5.75 Å². The van der Waals surface area contributed by atoms with Crippen LogP contribution >= 0.6 is 0 Å². The van der Waals surface area contributed by atoms with E-state index in [0.717, 1.165) is 24.5 Å². The maximum absolute atomic E-state index is 12.9. The highest BCUT2D eigenvalue weighted by Gasteiger charge is 2.39. The molecule has 10 nitrogen and oxygen atoms in total. The van der Waals surface area contributed by atoms with Crippen molar-refractivity contribution in [3.8, 4) is 5.75 Å². The largest absolute Gasteiger partial charge is 0.494 e. The maximum Gasteiger partial charge on any atom is 0.338 e. The summed E-state index contributed by atoms with van der Waals surface area (Å²) in [5, 5.41) is 3.18. The number of benzene rings is 2. The Labute approximate surface area is 215 Å². The van der Waals surface area contributed by atoms with Gasteiger partial charge in [-0.05, 0) is 55.5 Å². The van der Waals surface area contributed by atoms with Crippen LogP contribution in [0.1, 0.15) is 34.1 Å². The molecule has 4 rings (SSSR count). The third-order valence-electron chi connectivity index (χ3n) is 6.25. The van der Waals surface area contributed by atoms with E-state index in [1.54, 1.807) is 24.3 Å². The van der Waals surface area contributed by atoms with E-state index >= 15 is 0 Å². The number of imide groups is 1. The standard InChI is InChI=1S/C27H31N3O7/c1-2-36-22-9-5-19(6-10-22)24(31)18-37-27(34)20-3-7-21(8-4-20)30-25(32)17-23(26(30)33)28-11-12-29-13-15-35-16-14-29/h3-10,23,28H,2,11-18H2,1H3. The smallest absolute Gasteiger partial charge is 0.338 e. The van der Waals surface area contributed by atoms with Crippen molar-refractivity contribution in [3.05, 3.63) is 59.7 Å². The van der Waals surface area contributed by atoms with Gasteiger partial charge in [0.25, 0.3) is 5.91 Å². The number of nitrogens with one attached hydrogen (secondary N) is 1. The third kappa shape index (κ3) is 6.79. The predicted molar refractivity (Wildman–Crippen MR) is 135 cm³/mol. The van der Waals surface area contributed by atoms with Crippen LogP contribution in [0.3, 0.4) is 0 Å². The molecule has 2 aliphatic rings. The minimum Gasteiger partial charge on any atom is -0.494 e. The lowest BCUT2D eigenvalue weighted by Gasteiger charge is -2.27. The Morgan fingerprint density at radius 1 is 1.00 bits per heavy atom. The number of ether oxygens (including phenoxy) is 3. The molecule has 0 aromatic heterocycles. The van der Waals surface area contributed by atoms with Gasteiger partial charge in [-0.1, -0.05) is 0 Å². The second-order valence-electron chi connectivity index (χ2n) is 8.74. The van der Waals surface area contributed by atoms with Crippen molar-refractivity contribution >= 4 is 29.3 Å². The van der Waals surface area contributed by atoms with Crippen LogP contribution in [0.4, 0.5) is 5.69 Å². The molecule has 196 valence electrons. The fourth-order valence-corrected chi connectivity index (χ4v) is 4.23. The van der Waals surface area contributed by atoms with Crippen LogP contribution < -0.4 is 15.0 Å². The molecule has 2 fully saturated rings. The van der Waals surface area contributed by atoms with Gasteiger partial charge in [0, 0.05) is 31.7 Å². The Morgan fingerprint density at radius 2 is 1.68 bits per heavy atom. The number of ketones is 1. The minimum absolute atomic E-state index is 0.0827. The van der Waals surface area contributed by atoms with Gasteiger partial charge in [-0.2, -0.15) is 0 Å². The van der Waals surface area contributed by atoms with Crippen molar-refractivity contribution in [2.45, 2.75) is 19.4 Å². The fraction of sp³-hybridized carbons (Fsp3) is 0.407. The number of Topliss-reactive ketones (excluding diaryl/α,β-unsaturated/α-hetero) is 1. The molecule has 0 aliphatic carbocycles. The first kappa shape index (κ1) is 26.5. The van der Waals surface area contributed by atoms with E-state index < -0.39 is 18.6 Å². The Kier molecular flexibility index (Phi) is 8.99. The van der Waals surface area contributed by atoms with Gasteiger partial charge in [0.2, 0.25) is 5.91 Å². The number of rotatable bonds is 11. The second-order valence-corrected chi connectivity index (χ2v) is 8.74. The zero-order valence-corrected chi connectivity index (χ0v) is 20.8. The summed E-state index contributed by atoms with van der Waals surface area (Å²) >= 11 is 0. The van der Waals surface area contributed by atoms with Gasteiger partial charge in [-0.15, -0.1) is 0 Å². The lowest BCUT2D eigenvalue weighted by atomic mass is 10.1. The van der Waals surface area contributed by atoms with Gasteiger partial charge in [0.05, 0.1) is 43.5 Å². The molecule has 0 saturated carbocycles. The molecule has 10 heteroatoms. The summed E-state index contributed by atoms with van der Waals surface area (Å²) < 4.78 is 15.8. The van der Waals surface area contributed by atoms with E-state index in [2.05, 4.69) is 10.2 Å². The predicted octanol–water partition coefficient (Wildman–Crippen LogP) is 1.68. The zero-order valence-electron chi connectivity index (χ0n) is 20.8. The zero-order chi connectivity index (χ0) is 26.2. The number of morpholine rings is 1. The highest BCUT2D eigenvalue weighted by Crippen LogP contribution is 2.23. The summed E-state index contributed by atoms with van der Waals surface area (Å²) in [5.74, 6) is -0.976. The van der Waals surface area contributed by atoms with Crippen molar-refractivity contribution in [3.63, 3.8) is 0 Å². The van der Waals surface area contributed by atoms with Crippen molar-refractivity contribution in [1.82, 2.24) is 10.2 Å². The van der Waals surface area contributed by atoms with Crippen molar-refractivity contribution in [1.29, 1.82) is 0 Å².